The van der Waals surface area contributed by atoms with Crippen LogP contribution < -0.4 is 0 Å². The van der Waals surface area contributed by atoms with Gasteiger partial charge in [-0.25, -0.2) is 0 Å². The number of nitrogens with zero attached hydrogens (tertiary/aromatic N) is 2. The van der Waals surface area contributed by atoms with Crippen LogP contribution in [0.1, 0.15) is 0 Å². The molecule has 0 aliphatic rings. The first-order chi connectivity index (χ1) is 26.2. The molecule has 0 spiro atoms. The van der Waals surface area contributed by atoms with Gasteiger partial charge in [-0.15, -0.1) is 0 Å². The Kier molecular flexibility index (Phi) is 6.55. The smallest absolute Gasteiger partial charge is 0.143 e. The fourth-order valence-electron chi connectivity index (χ4n) is 8.13. The van der Waals surface area contributed by atoms with E-state index in [-0.39, 0.29) is 0 Å². The van der Waals surface area contributed by atoms with Gasteiger partial charge in [0.1, 0.15) is 11.2 Å². The third-order valence-electron chi connectivity index (χ3n) is 10.7. The minimum absolute atomic E-state index is 0.918. The molecule has 9 aromatic carbocycles. The van der Waals surface area contributed by atoms with Crippen LogP contribution >= 0.6 is 0 Å². The molecule has 3 nitrogen and oxygen atoms in total. The summed E-state index contributed by atoms with van der Waals surface area (Å²) in [5.41, 5.74) is 13.1. The summed E-state index contributed by atoms with van der Waals surface area (Å²) in [6.45, 7) is 0. The van der Waals surface area contributed by atoms with Gasteiger partial charge in [-0.2, -0.15) is 0 Å². The minimum Gasteiger partial charge on any atom is -0.455 e. The summed E-state index contributed by atoms with van der Waals surface area (Å²) in [5.74, 6) is 0. The molecule has 0 radical (unpaired) electrons. The van der Waals surface area contributed by atoms with E-state index in [2.05, 4.69) is 158 Å². The Bertz CT molecular complexity index is 3210. The van der Waals surface area contributed by atoms with Crippen LogP contribution in [0.15, 0.2) is 187 Å². The van der Waals surface area contributed by atoms with Crippen LogP contribution in [-0.2, 0) is 0 Å². The molecule has 0 unspecified atom stereocenters. The maximum Gasteiger partial charge on any atom is 0.143 e. The Labute approximate surface area is 305 Å². The quantitative estimate of drug-likeness (QED) is 0.174. The van der Waals surface area contributed by atoms with Crippen molar-refractivity contribution in [2.45, 2.75) is 0 Å². The van der Waals surface area contributed by atoms with Crippen LogP contribution in [0.2, 0.25) is 0 Å². The fourth-order valence-corrected chi connectivity index (χ4v) is 8.13. The topological polar surface area (TPSA) is 38.9 Å². The Hall–Kier alpha value is -7.10. The molecule has 11 aromatic rings. The highest BCUT2D eigenvalue weighted by molar-refractivity contribution is 6.23. The normalized spacial score (nSPS) is 11.8. The van der Waals surface area contributed by atoms with Gasteiger partial charge in [0.15, 0.2) is 0 Å². The van der Waals surface area contributed by atoms with E-state index in [0.717, 1.165) is 54.9 Å². The summed E-state index contributed by atoms with van der Waals surface area (Å²) in [5, 5.41) is 9.33. The van der Waals surface area contributed by atoms with E-state index in [4.69, 9.17) is 14.4 Å². The summed E-state index contributed by atoms with van der Waals surface area (Å²) in [4.78, 5) is 9.43. The second-order valence-corrected chi connectivity index (χ2v) is 13.8. The first-order valence-electron chi connectivity index (χ1n) is 18.0. The van der Waals surface area contributed by atoms with E-state index in [0.29, 0.717) is 0 Å². The van der Waals surface area contributed by atoms with Gasteiger partial charge >= 0.3 is 0 Å². The third-order valence-corrected chi connectivity index (χ3v) is 10.7. The van der Waals surface area contributed by atoms with Gasteiger partial charge < -0.3 is 4.42 Å². The summed E-state index contributed by atoms with van der Waals surface area (Å²) in [6.07, 6.45) is 3.55. The molecule has 11 rings (SSSR count). The summed E-state index contributed by atoms with van der Waals surface area (Å²) < 4.78 is 6.35. The van der Waals surface area contributed by atoms with E-state index < -0.39 is 0 Å². The average molecular weight is 675 g/mol. The average Bonchev–Trinajstić information content (AvgIpc) is 3.62. The zero-order valence-electron chi connectivity index (χ0n) is 28.6. The molecule has 0 aliphatic heterocycles. The lowest BCUT2D eigenvalue weighted by Gasteiger charge is -2.12. The van der Waals surface area contributed by atoms with Crippen molar-refractivity contribution < 1.29 is 4.42 Å². The SMILES string of the molecule is c1cc(-c2cccc(-c3ccc4c(c3)c3ccccc3c3nccnc43)c2)cc(-c2ccc3cc(-c4cccc5c4oc4ccccc45)ccc3c2)c1. The molecule has 0 fully saturated rings. The van der Waals surface area contributed by atoms with Gasteiger partial charge in [0.2, 0.25) is 0 Å². The third kappa shape index (κ3) is 4.82. The molecule has 2 heterocycles. The molecular weight excluding hydrogens is 645 g/mol. The molecule has 0 atom stereocenters. The largest absolute Gasteiger partial charge is 0.455 e. The van der Waals surface area contributed by atoms with Gasteiger partial charge in [-0.1, -0.05) is 133 Å². The van der Waals surface area contributed by atoms with Gasteiger partial charge in [0.25, 0.3) is 0 Å². The Morgan fingerprint density at radius 2 is 0.830 bits per heavy atom. The van der Waals surface area contributed by atoms with Gasteiger partial charge in [-0.05, 0) is 96.9 Å². The summed E-state index contributed by atoms with van der Waals surface area (Å²) in [7, 11) is 0. The van der Waals surface area contributed by atoms with Gasteiger partial charge in [-0.3, -0.25) is 9.97 Å². The number of aromatic nitrogens is 2. The van der Waals surface area contributed by atoms with Crippen LogP contribution in [0.25, 0.3) is 110 Å². The van der Waals surface area contributed by atoms with Crippen LogP contribution in [0.3, 0.4) is 0 Å². The highest BCUT2D eigenvalue weighted by atomic mass is 16.3. The van der Waals surface area contributed by atoms with Crippen molar-refractivity contribution in [3.8, 4) is 44.5 Å². The maximum absolute atomic E-state index is 6.35. The van der Waals surface area contributed by atoms with E-state index in [9.17, 15) is 0 Å². The molecule has 3 heteroatoms. The van der Waals surface area contributed by atoms with Crippen molar-refractivity contribution in [1.82, 2.24) is 9.97 Å². The van der Waals surface area contributed by atoms with Crippen molar-refractivity contribution in [2.75, 3.05) is 0 Å². The Morgan fingerprint density at radius 3 is 1.55 bits per heavy atom. The van der Waals surface area contributed by atoms with Crippen LogP contribution in [0.5, 0.6) is 0 Å². The second kappa shape index (κ2) is 11.7. The number of hydrogen-bond acceptors (Lipinski definition) is 3. The summed E-state index contributed by atoms with van der Waals surface area (Å²) >= 11 is 0. The molecule has 0 saturated heterocycles. The monoisotopic (exact) mass is 674 g/mol. The van der Waals surface area contributed by atoms with Crippen molar-refractivity contribution >= 4 is 65.3 Å². The number of furan rings is 1. The molecule has 0 aliphatic carbocycles. The molecule has 0 N–H and O–H groups in total. The standard InChI is InChI=1S/C50H30N2O/c1-2-14-43-41(12-1)46-30-38(22-23-44(46)49-48(43)51-24-25-52-49)34-11-6-9-32(27-34)31-8-5-10-33(26-31)35-18-19-37-29-39(21-20-36(37)28-35)40-15-7-16-45-42-13-3-4-17-47(42)53-50(40)45/h1-30H. The van der Waals surface area contributed by atoms with Crippen molar-refractivity contribution in [2.24, 2.45) is 0 Å². The van der Waals surface area contributed by atoms with Gasteiger partial charge in [0, 0.05) is 39.5 Å². The number of fused-ring (bicyclic) bond motifs is 10. The Balaban J connectivity index is 0.940. The highest BCUT2D eigenvalue weighted by Gasteiger charge is 2.14. The van der Waals surface area contributed by atoms with Crippen molar-refractivity contribution in [3.63, 3.8) is 0 Å². The van der Waals surface area contributed by atoms with E-state index in [1.165, 1.54) is 54.9 Å². The zero-order valence-corrected chi connectivity index (χ0v) is 28.6. The number of rotatable bonds is 4. The van der Waals surface area contributed by atoms with E-state index in [1.807, 2.05) is 12.1 Å². The Morgan fingerprint density at radius 1 is 0.321 bits per heavy atom. The van der Waals surface area contributed by atoms with Gasteiger partial charge in [0.05, 0.1) is 11.0 Å². The maximum atomic E-state index is 6.35. The molecule has 53 heavy (non-hydrogen) atoms. The highest BCUT2D eigenvalue weighted by Crippen LogP contribution is 2.39. The first kappa shape index (κ1) is 29.6. The molecule has 0 bridgehead atoms. The number of benzene rings is 9. The number of hydrogen-bond donors (Lipinski definition) is 0. The minimum atomic E-state index is 0.918. The first-order valence-corrected chi connectivity index (χ1v) is 18.0. The van der Waals surface area contributed by atoms with E-state index in [1.54, 1.807) is 12.4 Å². The summed E-state index contributed by atoms with van der Waals surface area (Å²) in [6, 6.07) is 61.1. The molecule has 2 aromatic heterocycles. The lowest BCUT2D eigenvalue weighted by atomic mass is 9.93. The molecule has 0 saturated carbocycles. The van der Waals surface area contributed by atoms with Crippen molar-refractivity contribution in [1.29, 1.82) is 0 Å². The predicted octanol–water partition coefficient (Wildman–Crippen LogP) is 13.7. The van der Waals surface area contributed by atoms with E-state index >= 15 is 0 Å². The lowest BCUT2D eigenvalue weighted by Crippen LogP contribution is -1.89. The van der Waals surface area contributed by atoms with Crippen LogP contribution in [0.4, 0.5) is 0 Å². The predicted molar refractivity (Wildman–Crippen MR) is 221 cm³/mol. The second-order valence-electron chi connectivity index (χ2n) is 13.8. The lowest BCUT2D eigenvalue weighted by molar-refractivity contribution is 0.670. The van der Waals surface area contributed by atoms with Crippen molar-refractivity contribution in [3.05, 3.63) is 182 Å². The molecular formula is C50H30N2O. The van der Waals surface area contributed by atoms with Crippen LogP contribution in [0, 0.1) is 0 Å². The van der Waals surface area contributed by atoms with Crippen LogP contribution in [-0.4, -0.2) is 9.97 Å². The zero-order chi connectivity index (χ0) is 34.9. The molecule has 0 amide bonds. The number of para-hydroxylation sites is 2. The molecule has 246 valence electrons. The fraction of sp³-hybridized carbons (Fsp3) is 0.